The Morgan fingerprint density at radius 1 is 1.20 bits per heavy atom. The summed E-state index contributed by atoms with van der Waals surface area (Å²) in [5, 5.41) is 5.16. The van der Waals surface area contributed by atoms with Crippen molar-refractivity contribution >= 4 is 17.2 Å². The van der Waals surface area contributed by atoms with E-state index in [-0.39, 0.29) is 0 Å². The summed E-state index contributed by atoms with van der Waals surface area (Å²) in [5.74, 6) is 0. The van der Waals surface area contributed by atoms with Crippen LogP contribution in [0.1, 0.15) is 24.6 Å². The van der Waals surface area contributed by atoms with Crippen LogP contribution in [0.5, 0.6) is 0 Å². The van der Waals surface area contributed by atoms with E-state index in [1.807, 2.05) is 18.2 Å². The van der Waals surface area contributed by atoms with Crippen molar-refractivity contribution in [1.82, 2.24) is 14.6 Å². The normalized spacial score (nSPS) is 11.2. The van der Waals surface area contributed by atoms with E-state index in [9.17, 15) is 0 Å². The topological polar surface area (TPSA) is 30.2 Å². The highest BCUT2D eigenvalue weighted by Crippen LogP contribution is 2.22. The van der Waals surface area contributed by atoms with Gasteiger partial charge in [-0.2, -0.15) is 5.10 Å². The van der Waals surface area contributed by atoms with Crippen LogP contribution in [-0.2, 0) is 6.42 Å². The summed E-state index contributed by atoms with van der Waals surface area (Å²) >= 11 is 6.29. The van der Waals surface area contributed by atoms with Crippen molar-refractivity contribution in [1.29, 1.82) is 0 Å². The average molecular weight is 286 g/mol. The lowest BCUT2D eigenvalue weighted by Gasteiger charge is -2.01. The van der Waals surface area contributed by atoms with Gasteiger partial charge in [0.1, 0.15) is 5.15 Å². The van der Waals surface area contributed by atoms with Crippen LogP contribution in [0, 0.1) is 6.92 Å². The second kappa shape index (κ2) is 5.25. The van der Waals surface area contributed by atoms with Crippen LogP contribution in [0.15, 0.2) is 36.4 Å². The lowest BCUT2D eigenvalue weighted by atomic mass is 10.1. The van der Waals surface area contributed by atoms with Crippen LogP contribution in [0.2, 0.25) is 5.15 Å². The van der Waals surface area contributed by atoms with E-state index < -0.39 is 0 Å². The van der Waals surface area contributed by atoms with Crippen molar-refractivity contribution in [2.45, 2.75) is 26.7 Å². The number of fused-ring (bicyclic) bond motifs is 1. The fourth-order valence-corrected chi connectivity index (χ4v) is 2.57. The third kappa shape index (κ3) is 2.41. The SMILES string of the molecule is CCCc1cc(Cl)n2nc(-c3cccc(C)c3)cc2n1. The Balaban J connectivity index is 2.13. The first-order valence-corrected chi connectivity index (χ1v) is 7.17. The van der Waals surface area contributed by atoms with Crippen LogP contribution >= 0.6 is 11.6 Å². The standard InChI is InChI=1S/C16H16ClN3/c1-3-5-13-9-15(17)20-16(18-13)10-14(19-20)12-7-4-6-11(2)8-12/h4,6-10H,3,5H2,1-2H3. The molecule has 3 nitrogen and oxygen atoms in total. The number of aromatic nitrogens is 3. The zero-order chi connectivity index (χ0) is 14.1. The number of hydrogen-bond acceptors (Lipinski definition) is 2. The van der Waals surface area contributed by atoms with Gasteiger partial charge in [-0.1, -0.05) is 48.7 Å². The molecule has 0 unspecified atom stereocenters. The number of aryl methyl sites for hydroxylation is 2. The maximum atomic E-state index is 6.29. The molecule has 3 aromatic rings. The molecule has 0 fully saturated rings. The van der Waals surface area contributed by atoms with E-state index in [4.69, 9.17) is 11.6 Å². The van der Waals surface area contributed by atoms with Crippen molar-refractivity contribution < 1.29 is 0 Å². The van der Waals surface area contributed by atoms with Gasteiger partial charge in [0, 0.05) is 17.3 Å². The monoisotopic (exact) mass is 285 g/mol. The summed E-state index contributed by atoms with van der Waals surface area (Å²) in [6.45, 7) is 4.21. The smallest absolute Gasteiger partial charge is 0.157 e. The summed E-state index contributed by atoms with van der Waals surface area (Å²) in [7, 11) is 0. The molecule has 1 aromatic carbocycles. The summed E-state index contributed by atoms with van der Waals surface area (Å²) in [5.41, 5.74) is 5.02. The van der Waals surface area contributed by atoms with Crippen molar-refractivity contribution in [2.24, 2.45) is 0 Å². The predicted octanol–water partition coefficient (Wildman–Crippen LogP) is 4.31. The zero-order valence-electron chi connectivity index (χ0n) is 11.6. The number of nitrogens with zero attached hydrogens (tertiary/aromatic N) is 3. The third-order valence-electron chi connectivity index (χ3n) is 3.26. The molecule has 4 heteroatoms. The molecule has 0 aliphatic rings. The Morgan fingerprint density at radius 2 is 2.05 bits per heavy atom. The maximum Gasteiger partial charge on any atom is 0.157 e. The summed E-state index contributed by atoms with van der Waals surface area (Å²) in [6.07, 6.45) is 1.99. The molecule has 20 heavy (non-hydrogen) atoms. The highest BCUT2D eigenvalue weighted by atomic mass is 35.5. The molecule has 2 aromatic heterocycles. The van der Waals surface area contributed by atoms with Crippen LogP contribution in [0.25, 0.3) is 16.9 Å². The van der Waals surface area contributed by atoms with Crippen LogP contribution in [-0.4, -0.2) is 14.6 Å². The third-order valence-corrected chi connectivity index (χ3v) is 3.53. The van der Waals surface area contributed by atoms with Gasteiger partial charge in [0.25, 0.3) is 0 Å². The van der Waals surface area contributed by atoms with Gasteiger partial charge < -0.3 is 0 Å². The first-order valence-electron chi connectivity index (χ1n) is 6.79. The summed E-state index contributed by atoms with van der Waals surface area (Å²) in [6, 6.07) is 12.2. The second-order valence-electron chi connectivity index (χ2n) is 4.99. The summed E-state index contributed by atoms with van der Waals surface area (Å²) in [4.78, 5) is 4.61. The molecule has 0 radical (unpaired) electrons. The first-order chi connectivity index (χ1) is 9.67. The van der Waals surface area contributed by atoms with E-state index in [0.717, 1.165) is 35.4 Å². The molecule has 0 saturated heterocycles. The van der Waals surface area contributed by atoms with Crippen LogP contribution in [0.4, 0.5) is 0 Å². The van der Waals surface area contributed by atoms with Gasteiger partial charge in [0.15, 0.2) is 5.65 Å². The Morgan fingerprint density at radius 3 is 2.80 bits per heavy atom. The van der Waals surface area contributed by atoms with Crippen LogP contribution in [0.3, 0.4) is 0 Å². The quantitative estimate of drug-likeness (QED) is 0.671. The average Bonchev–Trinajstić information content (AvgIpc) is 2.84. The molecule has 0 atom stereocenters. The highest BCUT2D eigenvalue weighted by Gasteiger charge is 2.09. The molecule has 0 amide bonds. The molecule has 0 saturated carbocycles. The van der Waals surface area contributed by atoms with Crippen molar-refractivity contribution in [3.63, 3.8) is 0 Å². The minimum Gasteiger partial charge on any atom is -0.233 e. The van der Waals surface area contributed by atoms with E-state index in [1.54, 1.807) is 4.52 Å². The molecule has 0 aliphatic heterocycles. The van der Waals surface area contributed by atoms with Gasteiger partial charge in [-0.05, 0) is 25.5 Å². The molecule has 3 rings (SSSR count). The first kappa shape index (κ1) is 13.1. The maximum absolute atomic E-state index is 6.29. The molecule has 0 bridgehead atoms. The largest absolute Gasteiger partial charge is 0.233 e. The molecule has 0 N–H and O–H groups in total. The van der Waals surface area contributed by atoms with E-state index in [0.29, 0.717) is 5.15 Å². The minimum atomic E-state index is 0.609. The van der Waals surface area contributed by atoms with Gasteiger partial charge in [-0.3, -0.25) is 0 Å². The number of benzene rings is 1. The van der Waals surface area contributed by atoms with Crippen LogP contribution < -0.4 is 0 Å². The molecule has 2 heterocycles. The van der Waals surface area contributed by atoms with E-state index >= 15 is 0 Å². The highest BCUT2D eigenvalue weighted by molar-refractivity contribution is 6.29. The van der Waals surface area contributed by atoms with Gasteiger partial charge in [0.2, 0.25) is 0 Å². The number of hydrogen-bond donors (Lipinski definition) is 0. The van der Waals surface area contributed by atoms with Crippen molar-refractivity contribution in [2.75, 3.05) is 0 Å². The van der Waals surface area contributed by atoms with E-state index in [1.165, 1.54) is 5.56 Å². The lowest BCUT2D eigenvalue weighted by Crippen LogP contribution is -1.97. The fourth-order valence-electron chi connectivity index (χ4n) is 2.32. The van der Waals surface area contributed by atoms with Gasteiger partial charge in [-0.25, -0.2) is 9.50 Å². The molecular weight excluding hydrogens is 270 g/mol. The van der Waals surface area contributed by atoms with Gasteiger partial charge in [0.05, 0.1) is 5.69 Å². The molecule has 0 spiro atoms. The second-order valence-corrected chi connectivity index (χ2v) is 5.38. The van der Waals surface area contributed by atoms with Gasteiger partial charge >= 0.3 is 0 Å². The minimum absolute atomic E-state index is 0.609. The Bertz CT molecular complexity index is 762. The Labute approximate surface area is 123 Å². The van der Waals surface area contributed by atoms with E-state index in [2.05, 4.69) is 42.1 Å². The zero-order valence-corrected chi connectivity index (χ0v) is 12.4. The Hall–Kier alpha value is -1.87. The Kier molecular flexibility index (Phi) is 3.45. The number of rotatable bonds is 3. The predicted molar refractivity (Wildman–Crippen MR) is 82.2 cm³/mol. The molecule has 102 valence electrons. The van der Waals surface area contributed by atoms with Crippen molar-refractivity contribution in [3.05, 3.63) is 52.8 Å². The van der Waals surface area contributed by atoms with Crippen molar-refractivity contribution in [3.8, 4) is 11.3 Å². The fraction of sp³-hybridized carbons (Fsp3) is 0.250. The summed E-state index contributed by atoms with van der Waals surface area (Å²) < 4.78 is 1.69. The van der Waals surface area contributed by atoms with Gasteiger partial charge in [-0.15, -0.1) is 0 Å². The lowest BCUT2D eigenvalue weighted by molar-refractivity contribution is 0.859. The molecular formula is C16H16ClN3. The number of halogens is 1. The molecule has 0 aliphatic carbocycles.